The van der Waals surface area contributed by atoms with Gasteiger partial charge in [0.2, 0.25) is 0 Å². The van der Waals surface area contributed by atoms with Crippen molar-refractivity contribution in [3.63, 3.8) is 0 Å². The summed E-state index contributed by atoms with van der Waals surface area (Å²) in [4.78, 5) is 4.38. The van der Waals surface area contributed by atoms with Crippen LogP contribution in [-0.4, -0.2) is 9.38 Å². The number of nitrogens with zero attached hydrogens (tertiary/aromatic N) is 2. The topological polar surface area (TPSA) is 30.4 Å². The number of halogens is 2. The molecule has 80 valence electrons. The fourth-order valence-corrected chi connectivity index (χ4v) is 1.83. The van der Waals surface area contributed by atoms with Crippen LogP contribution in [0.25, 0.3) is 17.1 Å². The van der Waals surface area contributed by atoms with Crippen molar-refractivity contribution in [1.82, 2.24) is 9.38 Å². The van der Waals surface area contributed by atoms with Gasteiger partial charge >= 0.3 is 0 Å². The van der Waals surface area contributed by atoms with Crippen LogP contribution in [0, 0.1) is 0 Å². The van der Waals surface area contributed by atoms with Crippen LogP contribution in [0.4, 0.5) is 0 Å². The smallest absolute Gasteiger partial charge is 0.194 e. The SMILES string of the molecule is Clc1ccn2cc(-c3ccc(Cl)o3)nc2c1. The standard InChI is InChI=1S/C11H6Cl2N2O/c12-7-3-4-15-6-8(14-11(15)5-7)9-1-2-10(13)16-9/h1-6H. The average Bonchev–Trinajstić information content (AvgIpc) is 2.83. The third-order valence-electron chi connectivity index (χ3n) is 2.25. The van der Waals surface area contributed by atoms with Gasteiger partial charge in [0, 0.05) is 23.5 Å². The summed E-state index contributed by atoms with van der Waals surface area (Å²) in [7, 11) is 0. The zero-order valence-electron chi connectivity index (χ0n) is 8.02. The number of hydrogen-bond acceptors (Lipinski definition) is 2. The van der Waals surface area contributed by atoms with E-state index in [-0.39, 0.29) is 0 Å². The molecule has 0 radical (unpaired) electrons. The molecule has 3 aromatic heterocycles. The average molecular weight is 253 g/mol. The maximum absolute atomic E-state index is 5.88. The second-order valence-electron chi connectivity index (χ2n) is 3.34. The lowest BCUT2D eigenvalue weighted by Gasteiger charge is -1.90. The molecule has 0 aromatic carbocycles. The molecule has 3 rings (SSSR count). The van der Waals surface area contributed by atoms with Gasteiger partial charge in [0.1, 0.15) is 11.3 Å². The summed E-state index contributed by atoms with van der Waals surface area (Å²) < 4.78 is 7.16. The quantitative estimate of drug-likeness (QED) is 0.658. The van der Waals surface area contributed by atoms with Gasteiger partial charge in [-0.1, -0.05) is 11.6 Å². The van der Waals surface area contributed by atoms with Crippen LogP contribution in [-0.2, 0) is 0 Å². The lowest BCUT2D eigenvalue weighted by atomic mass is 10.4. The second-order valence-corrected chi connectivity index (χ2v) is 4.15. The van der Waals surface area contributed by atoms with E-state index in [0.29, 0.717) is 16.0 Å². The number of fused-ring (bicyclic) bond motifs is 1. The predicted molar refractivity (Wildman–Crippen MR) is 62.9 cm³/mol. The molecule has 0 aliphatic heterocycles. The first-order chi connectivity index (χ1) is 7.72. The number of rotatable bonds is 1. The van der Waals surface area contributed by atoms with E-state index < -0.39 is 0 Å². The highest BCUT2D eigenvalue weighted by Gasteiger charge is 2.08. The molecule has 0 aliphatic carbocycles. The van der Waals surface area contributed by atoms with Crippen molar-refractivity contribution in [1.29, 1.82) is 0 Å². The first-order valence-corrected chi connectivity index (χ1v) is 5.38. The van der Waals surface area contributed by atoms with Crippen molar-refractivity contribution in [2.24, 2.45) is 0 Å². The van der Waals surface area contributed by atoms with E-state index in [1.807, 2.05) is 16.8 Å². The van der Waals surface area contributed by atoms with Crippen LogP contribution in [0.15, 0.2) is 41.1 Å². The van der Waals surface area contributed by atoms with E-state index in [9.17, 15) is 0 Å². The second kappa shape index (κ2) is 3.54. The third kappa shape index (κ3) is 1.58. The van der Waals surface area contributed by atoms with E-state index in [1.54, 1.807) is 24.3 Å². The van der Waals surface area contributed by atoms with Crippen LogP contribution in [0.5, 0.6) is 0 Å². The van der Waals surface area contributed by atoms with Gasteiger partial charge in [-0.25, -0.2) is 4.98 Å². The molecule has 0 saturated heterocycles. The predicted octanol–water partition coefficient (Wildman–Crippen LogP) is 3.90. The summed E-state index contributed by atoms with van der Waals surface area (Å²) in [6.45, 7) is 0. The van der Waals surface area contributed by atoms with Crippen molar-refractivity contribution >= 4 is 28.8 Å². The van der Waals surface area contributed by atoms with Gasteiger partial charge in [0.25, 0.3) is 0 Å². The summed E-state index contributed by atoms with van der Waals surface area (Å²) in [6, 6.07) is 7.06. The lowest BCUT2D eigenvalue weighted by Crippen LogP contribution is -1.79. The Balaban J connectivity index is 2.18. The van der Waals surface area contributed by atoms with Crippen molar-refractivity contribution in [3.05, 3.63) is 46.9 Å². The van der Waals surface area contributed by atoms with Gasteiger partial charge in [0.05, 0.1) is 0 Å². The highest BCUT2D eigenvalue weighted by molar-refractivity contribution is 6.30. The van der Waals surface area contributed by atoms with Gasteiger partial charge < -0.3 is 8.82 Å². The summed E-state index contributed by atoms with van der Waals surface area (Å²) >= 11 is 11.6. The first-order valence-electron chi connectivity index (χ1n) is 4.62. The molecule has 0 spiro atoms. The van der Waals surface area contributed by atoms with Crippen LogP contribution < -0.4 is 0 Å². The van der Waals surface area contributed by atoms with Gasteiger partial charge in [-0.15, -0.1) is 0 Å². The molecule has 3 heterocycles. The Kier molecular flexibility index (Phi) is 2.16. The summed E-state index contributed by atoms with van der Waals surface area (Å²) in [5, 5.41) is 1.01. The molecule has 0 aliphatic rings. The van der Waals surface area contributed by atoms with Gasteiger partial charge in [-0.3, -0.25) is 0 Å². The minimum atomic E-state index is 0.352. The van der Waals surface area contributed by atoms with E-state index >= 15 is 0 Å². The zero-order chi connectivity index (χ0) is 11.1. The molecule has 0 bridgehead atoms. The zero-order valence-corrected chi connectivity index (χ0v) is 9.53. The fourth-order valence-electron chi connectivity index (χ4n) is 1.53. The Morgan fingerprint density at radius 1 is 1.19 bits per heavy atom. The monoisotopic (exact) mass is 252 g/mol. The molecule has 0 saturated carbocycles. The van der Waals surface area contributed by atoms with Gasteiger partial charge in [0.15, 0.2) is 11.0 Å². The molecule has 5 heteroatoms. The number of furan rings is 1. The van der Waals surface area contributed by atoms with Crippen molar-refractivity contribution < 1.29 is 4.42 Å². The first kappa shape index (κ1) is 9.75. The van der Waals surface area contributed by atoms with Gasteiger partial charge in [-0.2, -0.15) is 0 Å². The maximum Gasteiger partial charge on any atom is 0.194 e. The normalized spacial score (nSPS) is 11.1. The molecule has 3 aromatic rings. The van der Waals surface area contributed by atoms with Crippen LogP contribution in [0.3, 0.4) is 0 Å². The Morgan fingerprint density at radius 2 is 2.06 bits per heavy atom. The Hall–Kier alpha value is -1.45. The van der Waals surface area contributed by atoms with Crippen molar-refractivity contribution in [2.75, 3.05) is 0 Å². The van der Waals surface area contributed by atoms with E-state index in [4.69, 9.17) is 27.6 Å². The Morgan fingerprint density at radius 3 is 2.81 bits per heavy atom. The molecule has 0 amide bonds. The lowest BCUT2D eigenvalue weighted by molar-refractivity contribution is 0.582. The third-order valence-corrected chi connectivity index (χ3v) is 2.69. The molecule has 16 heavy (non-hydrogen) atoms. The van der Waals surface area contributed by atoms with Gasteiger partial charge in [-0.05, 0) is 29.8 Å². The molecule has 0 fully saturated rings. The Labute approximate surface area is 101 Å². The number of hydrogen-bond donors (Lipinski definition) is 0. The summed E-state index contributed by atoms with van der Waals surface area (Å²) in [5.41, 5.74) is 1.50. The largest absolute Gasteiger partial charge is 0.443 e. The van der Waals surface area contributed by atoms with E-state index in [2.05, 4.69) is 4.98 Å². The summed E-state index contributed by atoms with van der Waals surface area (Å²) in [5.74, 6) is 0.643. The number of aromatic nitrogens is 2. The van der Waals surface area contributed by atoms with Crippen LogP contribution >= 0.6 is 23.2 Å². The fraction of sp³-hybridized carbons (Fsp3) is 0. The van der Waals surface area contributed by atoms with Crippen LogP contribution in [0.2, 0.25) is 10.2 Å². The summed E-state index contributed by atoms with van der Waals surface area (Å²) in [6.07, 6.45) is 3.71. The molecule has 0 unspecified atom stereocenters. The number of imidazole rings is 1. The van der Waals surface area contributed by atoms with Crippen molar-refractivity contribution in [2.45, 2.75) is 0 Å². The molecule has 0 atom stereocenters. The molecular formula is C11H6Cl2N2O. The van der Waals surface area contributed by atoms with Crippen molar-refractivity contribution in [3.8, 4) is 11.5 Å². The maximum atomic E-state index is 5.88. The minimum absolute atomic E-state index is 0.352. The van der Waals surface area contributed by atoms with Crippen LogP contribution in [0.1, 0.15) is 0 Å². The molecule has 3 nitrogen and oxygen atoms in total. The highest BCUT2D eigenvalue weighted by atomic mass is 35.5. The Bertz CT molecular complexity index is 657. The molecule has 0 N–H and O–H groups in total. The highest BCUT2D eigenvalue weighted by Crippen LogP contribution is 2.24. The van der Waals surface area contributed by atoms with E-state index in [0.717, 1.165) is 11.3 Å². The number of pyridine rings is 1. The van der Waals surface area contributed by atoms with E-state index in [1.165, 1.54) is 0 Å². The molecular weight excluding hydrogens is 247 g/mol. The minimum Gasteiger partial charge on any atom is -0.443 e.